The highest BCUT2D eigenvalue weighted by molar-refractivity contribution is 5.65. The van der Waals surface area contributed by atoms with Gasteiger partial charge in [-0.3, -0.25) is 4.79 Å². The fourth-order valence-electron chi connectivity index (χ4n) is 5.36. The van der Waals surface area contributed by atoms with E-state index in [9.17, 15) is 9.90 Å². The van der Waals surface area contributed by atoms with E-state index in [0.29, 0.717) is 0 Å². The monoisotopic (exact) mass is 626 g/mol. The SMILES string of the molecule is C=C[C@@H](O[C@H]1O[C@H](COC)[C@@H](O[C@H]2O[C@H](COC)[C@@H](O)[C@H](OC)[C@H]2OC)[C@H](OC)[C@H]1OC)[C@H](OC)[C@H](COC(C)=O)OC. The average Bonchev–Trinajstić information content (AvgIpc) is 3.00. The van der Waals surface area contributed by atoms with Crippen LogP contribution in [0.1, 0.15) is 6.92 Å². The number of aliphatic hydroxyl groups is 1. The lowest BCUT2D eigenvalue weighted by atomic mass is 9.96. The summed E-state index contributed by atoms with van der Waals surface area (Å²) in [5.74, 6) is -0.461. The molecule has 0 saturated carbocycles. The number of esters is 1. The number of hydrogen-bond acceptors (Lipinski definition) is 15. The summed E-state index contributed by atoms with van der Waals surface area (Å²) in [6.45, 7) is 5.30. The highest BCUT2D eigenvalue weighted by atomic mass is 16.8. The zero-order chi connectivity index (χ0) is 32.1. The summed E-state index contributed by atoms with van der Waals surface area (Å²) in [6, 6.07) is 0. The molecule has 252 valence electrons. The van der Waals surface area contributed by atoms with E-state index in [2.05, 4.69) is 6.58 Å². The maximum atomic E-state index is 11.4. The molecule has 15 heteroatoms. The smallest absolute Gasteiger partial charge is 0.302 e. The standard InChI is InChI=1S/C28H50O15/c1-11-16(21(34-6)18(33-5)14-39-15(2)29)40-27-26(38-10)24(36-8)22(19(42-27)13-32-4)43-28-25(37-9)23(35-7)20(30)17(41-28)12-31-3/h11,16-28,30H,1,12-14H2,2-10H3/t16-,17-,18+,19-,20-,21+,22-,23+,24+,25-,26-,27+,28-/m1/s1. The highest BCUT2D eigenvalue weighted by Gasteiger charge is 2.53. The molecule has 2 aliphatic heterocycles. The molecule has 13 atom stereocenters. The quantitative estimate of drug-likeness (QED) is 0.147. The molecule has 0 aromatic rings. The van der Waals surface area contributed by atoms with Gasteiger partial charge in [-0.1, -0.05) is 6.08 Å². The number of carbonyl (C=O) groups excluding carboxylic acids is 1. The van der Waals surface area contributed by atoms with Crippen molar-refractivity contribution in [3.05, 3.63) is 12.7 Å². The van der Waals surface area contributed by atoms with Gasteiger partial charge in [-0.05, 0) is 0 Å². The maximum absolute atomic E-state index is 11.4. The summed E-state index contributed by atoms with van der Waals surface area (Å²) in [4.78, 5) is 11.4. The van der Waals surface area contributed by atoms with Crippen molar-refractivity contribution in [3.8, 4) is 0 Å². The minimum absolute atomic E-state index is 0.0660. The Morgan fingerprint density at radius 3 is 1.84 bits per heavy atom. The number of rotatable bonds is 19. The summed E-state index contributed by atoms with van der Waals surface area (Å²) >= 11 is 0. The van der Waals surface area contributed by atoms with Gasteiger partial charge in [-0.25, -0.2) is 0 Å². The van der Waals surface area contributed by atoms with E-state index in [1.165, 1.54) is 69.9 Å². The first-order valence-electron chi connectivity index (χ1n) is 13.9. The van der Waals surface area contributed by atoms with Crippen LogP contribution in [0.15, 0.2) is 12.7 Å². The molecular formula is C28H50O15. The molecule has 2 fully saturated rings. The Bertz CT molecular complexity index is 802. The molecule has 43 heavy (non-hydrogen) atoms. The molecule has 2 saturated heterocycles. The van der Waals surface area contributed by atoms with Crippen molar-refractivity contribution in [1.82, 2.24) is 0 Å². The van der Waals surface area contributed by atoms with E-state index in [0.717, 1.165) is 0 Å². The van der Waals surface area contributed by atoms with E-state index in [1.54, 1.807) is 0 Å². The molecule has 0 aliphatic carbocycles. The van der Waals surface area contributed by atoms with Crippen LogP contribution in [0.5, 0.6) is 0 Å². The zero-order valence-corrected chi connectivity index (χ0v) is 26.6. The number of aliphatic hydroxyl groups excluding tert-OH is 1. The van der Waals surface area contributed by atoms with Crippen molar-refractivity contribution in [1.29, 1.82) is 0 Å². The number of hydrogen-bond donors (Lipinski definition) is 1. The summed E-state index contributed by atoms with van der Waals surface area (Å²) < 4.78 is 75.2. The second kappa shape index (κ2) is 19.3. The molecule has 2 rings (SSSR count). The first kappa shape index (κ1) is 37.9. The molecule has 0 spiro atoms. The van der Waals surface area contributed by atoms with Crippen molar-refractivity contribution in [3.63, 3.8) is 0 Å². The van der Waals surface area contributed by atoms with E-state index in [1.807, 2.05) is 0 Å². The van der Waals surface area contributed by atoms with Gasteiger partial charge in [0, 0.05) is 63.8 Å². The van der Waals surface area contributed by atoms with E-state index in [-0.39, 0.29) is 19.8 Å². The fraction of sp³-hybridized carbons (Fsp3) is 0.893. The molecule has 0 amide bonds. The van der Waals surface area contributed by atoms with Gasteiger partial charge in [0.1, 0.15) is 73.8 Å². The number of methoxy groups -OCH3 is 8. The molecule has 2 heterocycles. The normalized spacial score (nSPS) is 35.2. The van der Waals surface area contributed by atoms with Crippen LogP contribution in [0.25, 0.3) is 0 Å². The molecule has 0 aromatic carbocycles. The van der Waals surface area contributed by atoms with Crippen LogP contribution in [0.3, 0.4) is 0 Å². The first-order chi connectivity index (χ1) is 20.7. The van der Waals surface area contributed by atoms with Gasteiger partial charge in [0.05, 0.1) is 13.2 Å². The highest BCUT2D eigenvalue weighted by Crippen LogP contribution is 2.34. The van der Waals surface area contributed by atoms with Gasteiger partial charge >= 0.3 is 5.97 Å². The van der Waals surface area contributed by atoms with E-state index in [4.69, 9.17) is 61.6 Å². The van der Waals surface area contributed by atoms with Crippen molar-refractivity contribution in [2.45, 2.75) is 86.6 Å². The van der Waals surface area contributed by atoms with Gasteiger partial charge in [-0.15, -0.1) is 6.58 Å². The summed E-state index contributed by atoms with van der Waals surface area (Å²) in [6.07, 6.45) is -9.19. The molecular weight excluding hydrogens is 576 g/mol. The molecule has 2 aliphatic rings. The Balaban J connectivity index is 2.36. The minimum Gasteiger partial charge on any atom is -0.463 e. The lowest BCUT2D eigenvalue weighted by Gasteiger charge is -2.49. The second-order valence-corrected chi connectivity index (χ2v) is 10.0. The van der Waals surface area contributed by atoms with Gasteiger partial charge in [0.2, 0.25) is 0 Å². The number of carbonyl (C=O) groups is 1. The largest absolute Gasteiger partial charge is 0.463 e. The molecule has 0 radical (unpaired) electrons. The second-order valence-electron chi connectivity index (χ2n) is 10.0. The average molecular weight is 627 g/mol. The summed E-state index contributed by atoms with van der Waals surface area (Å²) in [7, 11) is 11.9. The van der Waals surface area contributed by atoms with Crippen LogP contribution >= 0.6 is 0 Å². The number of ether oxygens (including phenoxy) is 13. The lowest BCUT2D eigenvalue weighted by Crippen LogP contribution is -2.66. The lowest BCUT2D eigenvalue weighted by molar-refractivity contribution is -0.370. The van der Waals surface area contributed by atoms with E-state index >= 15 is 0 Å². The van der Waals surface area contributed by atoms with Crippen molar-refractivity contribution < 1.29 is 71.5 Å². The topological polar surface area (TPSA) is 157 Å². The Kier molecular flexibility index (Phi) is 17.0. The minimum atomic E-state index is -1.03. The van der Waals surface area contributed by atoms with Crippen molar-refractivity contribution >= 4 is 5.97 Å². The van der Waals surface area contributed by atoms with Crippen LogP contribution in [-0.4, -0.2) is 167 Å². The third-order valence-corrected chi connectivity index (χ3v) is 7.49. The van der Waals surface area contributed by atoms with Crippen LogP contribution in [0.2, 0.25) is 0 Å². The van der Waals surface area contributed by atoms with Crippen LogP contribution in [0, 0.1) is 0 Å². The molecule has 0 bridgehead atoms. The summed E-state index contributed by atoms with van der Waals surface area (Å²) in [5, 5.41) is 10.8. The van der Waals surface area contributed by atoms with Gasteiger partial charge < -0.3 is 66.7 Å². The van der Waals surface area contributed by atoms with Gasteiger partial charge in [-0.2, -0.15) is 0 Å². The molecule has 15 nitrogen and oxygen atoms in total. The third kappa shape index (κ3) is 9.59. The zero-order valence-electron chi connectivity index (χ0n) is 26.6. The Hall–Kier alpha value is -1.31. The van der Waals surface area contributed by atoms with Crippen molar-refractivity contribution in [2.24, 2.45) is 0 Å². The van der Waals surface area contributed by atoms with Crippen LogP contribution in [0.4, 0.5) is 0 Å². The van der Waals surface area contributed by atoms with Gasteiger partial charge in [0.15, 0.2) is 12.6 Å². The maximum Gasteiger partial charge on any atom is 0.302 e. The predicted molar refractivity (Wildman–Crippen MR) is 148 cm³/mol. The Labute approximate surface area is 253 Å². The first-order valence-corrected chi connectivity index (χ1v) is 13.9. The summed E-state index contributed by atoms with van der Waals surface area (Å²) in [5.41, 5.74) is 0. The third-order valence-electron chi connectivity index (χ3n) is 7.49. The predicted octanol–water partition coefficient (Wildman–Crippen LogP) is -0.301. The van der Waals surface area contributed by atoms with E-state index < -0.39 is 85.7 Å². The van der Waals surface area contributed by atoms with Crippen LogP contribution in [-0.2, 0) is 66.4 Å². The van der Waals surface area contributed by atoms with Gasteiger partial charge in [0.25, 0.3) is 0 Å². The molecule has 1 N–H and O–H groups in total. The fourth-order valence-corrected chi connectivity index (χ4v) is 5.36. The van der Waals surface area contributed by atoms with Crippen molar-refractivity contribution in [2.75, 3.05) is 76.7 Å². The molecule has 0 aromatic heterocycles. The Morgan fingerprint density at radius 2 is 1.35 bits per heavy atom. The molecule has 0 unspecified atom stereocenters. The Morgan fingerprint density at radius 1 is 0.791 bits per heavy atom. The van der Waals surface area contributed by atoms with Crippen LogP contribution < -0.4 is 0 Å².